The zero-order valence-corrected chi connectivity index (χ0v) is 14.4. The summed E-state index contributed by atoms with van der Waals surface area (Å²) in [7, 11) is 0. The van der Waals surface area contributed by atoms with Gasteiger partial charge in [-0.2, -0.15) is 0 Å². The number of hydrogen-bond donors (Lipinski definition) is 1. The van der Waals surface area contributed by atoms with Gasteiger partial charge in [-0.25, -0.2) is 0 Å². The quantitative estimate of drug-likeness (QED) is 0.364. The van der Waals surface area contributed by atoms with E-state index in [0.29, 0.717) is 6.42 Å². The Morgan fingerprint density at radius 2 is 1.41 bits per heavy atom. The highest BCUT2D eigenvalue weighted by Gasteiger charge is 2.11. The second kappa shape index (κ2) is 15.0. The van der Waals surface area contributed by atoms with Crippen LogP contribution in [0.5, 0.6) is 0 Å². The van der Waals surface area contributed by atoms with Crippen molar-refractivity contribution in [1.29, 1.82) is 0 Å². The van der Waals surface area contributed by atoms with E-state index in [4.69, 9.17) is 0 Å². The summed E-state index contributed by atoms with van der Waals surface area (Å²) in [4.78, 5) is 22.2. The smallest absolute Gasteiger partial charge is 0.302 e. The van der Waals surface area contributed by atoms with Gasteiger partial charge in [-0.15, -0.1) is 0 Å². The van der Waals surface area contributed by atoms with Crippen molar-refractivity contribution < 1.29 is 19.4 Å². The summed E-state index contributed by atoms with van der Waals surface area (Å²) in [5.41, 5.74) is 0. The summed E-state index contributed by atoms with van der Waals surface area (Å²) in [6.07, 6.45) is 12.2. The van der Waals surface area contributed by atoms with E-state index < -0.39 is 12.1 Å². The first-order chi connectivity index (χ1) is 10.6. The molecule has 0 aliphatic rings. The van der Waals surface area contributed by atoms with Crippen LogP contribution in [0.2, 0.25) is 0 Å². The van der Waals surface area contributed by atoms with Gasteiger partial charge in [-0.05, 0) is 6.42 Å². The molecule has 0 heterocycles. The van der Waals surface area contributed by atoms with Gasteiger partial charge in [-0.3, -0.25) is 9.59 Å². The van der Waals surface area contributed by atoms with Crippen LogP contribution >= 0.6 is 0 Å². The number of rotatable bonds is 15. The van der Waals surface area contributed by atoms with Crippen molar-refractivity contribution in [3.05, 3.63) is 0 Å². The number of hydrogen-bond acceptors (Lipinski definition) is 4. The van der Waals surface area contributed by atoms with Crippen LogP contribution in [0.25, 0.3) is 0 Å². The van der Waals surface area contributed by atoms with Gasteiger partial charge in [0.15, 0.2) is 0 Å². The lowest BCUT2D eigenvalue weighted by Gasteiger charge is -2.09. The van der Waals surface area contributed by atoms with E-state index in [2.05, 4.69) is 11.7 Å². The van der Waals surface area contributed by atoms with E-state index in [0.717, 1.165) is 12.8 Å². The molecule has 0 bridgehead atoms. The number of unbranched alkanes of at least 4 members (excludes halogenated alkanes) is 9. The summed E-state index contributed by atoms with van der Waals surface area (Å²) in [6, 6.07) is 0. The van der Waals surface area contributed by atoms with Gasteiger partial charge in [-0.1, -0.05) is 64.7 Å². The fourth-order valence-electron chi connectivity index (χ4n) is 2.45. The summed E-state index contributed by atoms with van der Waals surface area (Å²) in [6.45, 7) is 3.44. The molecule has 1 N–H and O–H groups in total. The second-order valence-electron chi connectivity index (χ2n) is 6.13. The standard InChI is InChI=1S/C18H34O4/c1-3-4-5-6-7-8-9-10-11-12-13-17(20)14-18(21)15-22-16(2)19/h18,21H,3-15H2,1-2H3. The summed E-state index contributed by atoms with van der Waals surface area (Å²) < 4.78 is 4.67. The van der Waals surface area contributed by atoms with Crippen LogP contribution in [0.4, 0.5) is 0 Å². The van der Waals surface area contributed by atoms with Crippen molar-refractivity contribution in [2.45, 2.75) is 97.0 Å². The molecule has 4 nitrogen and oxygen atoms in total. The van der Waals surface area contributed by atoms with Gasteiger partial charge >= 0.3 is 5.97 Å². The Bertz CT molecular complexity index is 289. The van der Waals surface area contributed by atoms with Crippen LogP contribution in [0, 0.1) is 0 Å². The Hall–Kier alpha value is -0.900. The number of carbonyl (C=O) groups is 2. The number of ether oxygens (including phenoxy) is 1. The minimum absolute atomic E-state index is 0.0548. The molecule has 0 saturated carbocycles. The molecular formula is C18H34O4. The van der Waals surface area contributed by atoms with Crippen LogP contribution in [-0.2, 0) is 14.3 Å². The highest BCUT2D eigenvalue weighted by atomic mass is 16.5. The first-order valence-electron chi connectivity index (χ1n) is 8.89. The Labute approximate surface area is 135 Å². The molecule has 0 rings (SSSR count). The van der Waals surface area contributed by atoms with E-state index in [1.54, 1.807) is 0 Å². The van der Waals surface area contributed by atoms with Crippen molar-refractivity contribution in [2.75, 3.05) is 6.61 Å². The molecule has 0 aromatic heterocycles. The van der Waals surface area contributed by atoms with Gasteiger partial charge in [0.2, 0.25) is 0 Å². The predicted octanol–water partition coefficient (Wildman–Crippen LogP) is 4.18. The molecule has 1 unspecified atom stereocenters. The number of Topliss-reactive ketones (excluding diaryl/α,β-unsaturated/α-hetero) is 1. The number of aliphatic hydroxyl groups excluding tert-OH is 1. The molecule has 22 heavy (non-hydrogen) atoms. The van der Waals surface area contributed by atoms with E-state index in [9.17, 15) is 14.7 Å². The van der Waals surface area contributed by atoms with Gasteiger partial charge in [0, 0.05) is 19.8 Å². The third-order valence-corrected chi connectivity index (χ3v) is 3.75. The van der Waals surface area contributed by atoms with E-state index in [1.165, 1.54) is 58.3 Å². The minimum atomic E-state index is -0.862. The Balaban J connectivity index is 3.32. The molecule has 0 aliphatic heterocycles. The van der Waals surface area contributed by atoms with Gasteiger partial charge in [0.1, 0.15) is 12.4 Å². The molecular weight excluding hydrogens is 280 g/mol. The molecule has 130 valence electrons. The van der Waals surface area contributed by atoms with E-state index in [1.807, 2.05) is 0 Å². The average Bonchev–Trinajstić information content (AvgIpc) is 2.47. The van der Waals surface area contributed by atoms with Crippen LogP contribution in [0.1, 0.15) is 90.9 Å². The lowest BCUT2D eigenvalue weighted by molar-refractivity contribution is -0.145. The fourth-order valence-corrected chi connectivity index (χ4v) is 2.45. The first-order valence-corrected chi connectivity index (χ1v) is 8.89. The number of ketones is 1. The van der Waals surface area contributed by atoms with E-state index >= 15 is 0 Å². The molecule has 4 heteroatoms. The molecule has 0 amide bonds. The van der Waals surface area contributed by atoms with Gasteiger partial charge in [0.05, 0.1) is 6.10 Å². The van der Waals surface area contributed by atoms with Crippen LogP contribution in [-0.4, -0.2) is 29.6 Å². The largest absolute Gasteiger partial charge is 0.463 e. The molecule has 0 aromatic rings. The maximum Gasteiger partial charge on any atom is 0.302 e. The van der Waals surface area contributed by atoms with Crippen LogP contribution in [0.3, 0.4) is 0 Å². The van der Waals surface area contributed by atoms with Crippen LogP contribution in [0.15, 0.2) is 0 Å². The average molecular weight is 314 g/mol. The third kappa shape index (κ3) is 15.5. The van der Waals surface area contributed by atoms with Crippen molar-refractivity contribution >= 4 is 11.8 Å². The maximum absolute atomic E-state index is 11.6. The normalized spacial score (nSPS) is 12.1. The zero-order valence-electron chi connectivity index (χ0n) is 14.4. The summed E-state index contributed by atoms with van der Waals surface area (Å²) >= 11 is 0. The minimum Gasteiger partial charge on any atom is -0.463 e. The maximum atomic E-state index is 11.6. The third-order valence-electron chi connectivity index (χ3n) is 3.75. The molecule has 0 aromatic carbocycles. The fraction of sp³-hybridized carbons (Fsp3) is 0.889. The van der Waals surface area contributed by atoms with Gasteiger partial charge in [0.25, 0.3) is 0 Å². The first kappa shape index (κ1) is 21.1. The number of aliphatic hydroxyl groups is 1. The summed E-state index contributed by atoms with van der Waals surface area (Å²) in [5, 5.41) is 9.53. The highest BCUT2D eigenvalue weighted by molar-refractivity contribution is 5.78. The number of esters is 1. The molecule has 1 atom stereocenters. The predicted molar refractivity (Wildman–Crippen MR) is 88.7 cm³/mol. The molecule has 0 spiro atoms. The lowest BCUT2D eigenvalue weighted by Crippen LogP contribution is -2.20. The van der Waals surface area contributed by atoms with Crippen molar-refractivity contribution in [3.63, 3.8) is 0 Å². The van der Waals surface area contributed by atoms with Crippen molar-refractivity contribution in [1.82, 2.24) is 0 Å². The molecule has 0 radical (unpaired) electrons. The lowest BCUT2D eigenvalue weighted by atomic mass is 10.0. The number of carbonyl (C=O) groups excluding carboxylic acids is 2. The SMILES string of the molecule is CCCCCCCCCCCCC(=O)CC(O)COC(C)=O. The Morgan fingerprint density at radius 3 is 1.91 bits per heavy atom. The van der Waals surface area contributed by atoms with Crippen molar-refractivity contribution in [2.24, 2.45) is 0 Å². The molecule has 0 saturated heterocycles. The van der Waals surface area contributed by atoms with Crippen molar-refractivity contribution in [3.8, 4) is 0 Å². The monoisotopic (exact) mass is 314 g/mol. The highest BCUT2D eigenvalue weighted by Crippen LogP contribution is 2.12. The zero-order chi connectivity index (χ0) is 16.6. The van der Waals surface area contributed by atoms with E-state index in [-0.39, 0.29) is 18.8 Å². The topological polar surface area (TPSA) is 63.6 Å². The molecule has 0 fully saturated rings. The Kier molecular flexibility index (Phi) is 14.4. The summed E-state index contributed by atoms with van der Waals surface area (Å²) in [5.74, 6) is -0.375. The van der Waals surface area contributed by atoms with Crippen LogP contribution < -0.4 is 0 Å². The molecule has 0 aliphatic carbocycles. The Morgan fingerprint density at radius 1 is 0.909 bits per heavy atom. The second-order valence-corrected chi connectivity index (χ2v) is 6.13. The van der Waals surface area contributed by atoms with Gasteiger partial charge < -0.3 is 9.84 Å².